The Morgan fingerprint density at radius 3 is 2.58 bits per heavy atom. The van der Waals surface area contributed by atoms with E-state index in [-0.39, 0.29) is 41.5 Å². The molecule has 0 spiro atoms. The maximum absolute atomic E-state index is 13.3. The first-order chi connectivity index (χ1) is 19.3. The normalized spacial score (nSPS) is 21.3. The fraction of sp³-hybridized carbons (Fsp3) is 0.571. The minimum Gasteiger partial charge on any atom is -0.357 e. The first-order valence-electron chi connectivity index (χ1n) is 14.2. The number of rotatable bonds is 7. The van der Waals surface area contributed by atoms with Gasteiger partial charge in [0.25, 0.3) is 5.91 Å². The molecule has 3 aromatic rings. The van der Waals surface area contributed by atoms with E-state index in [9.17, 15) is 14.4 Å². The second kappa shape index (κ2) is 10.2. The summed E-state index contributed by atoms with van der Waals surface area (Å²) in [5.74, 6) is 0.453. The second-order valence-corrected chi connectivity index (χ2v) is 11.4. The van der Waals surface area contributed by atoms with Crippen LogP contribution in [0.1, 0.15) is 84.6 Å². The highest BCUT2D eigenvalue weighted by Crippen LogP contribution is 2.40. The van der Waals surface area contributed by atoms with Crippen LogP contribution >= 0.6 is 0 Å². The molecule has 1 saturated heterocycles. The third-order valence-corrected chi connectivity index (χ3v) is 8.99. The molecule has 2 aromatic heterocycles. The summed E-state index contributed by atoms with van der Waals surface area (Å²) in [6.45, 7) is 4.22. The number of imidazole rings is 1. The molecule has 212 valence electrons. The van der Waals surface area contributed by atoms with Crippen LogP contribution < -0.4 is 16.0 Å². The molecule has 2 fully saturated rings. The van der Waals surface area contributed by atoms with Gasteiger partial charge in [-0.25, -0.2) is 14.4 Å². The van der Waals surface area contributed by atoms with Gasteiger partial charge in [-0.2, -0.15) is 0 Å². The molecule has 12 nitrogen and oxygen atoms in total. The number of nitrogens with one attached hydrogen (secondary N) is 4. The van der Waals surface area contributed by atoms with Crippen LogP contribution in [0.5, 0.6) is 0 Å². The zero-order valence-electron chi connectivity index (χ0n) is 23.2. The van der Waals surface area contributed by atoms with E-state index in [1.165, 1.54) is 6.42 Å². The van der Waals surface area contributed by atoms with Gasteiger partial charge in [-0.3, -0.25) is 9.59 Å². The predicted molar refractivity (Wildman–Crippen MR) is 145 cm³/mol. The van der Waals surface area contributed by atoms with Gasteiger partial charge in [0.05, 0.1) is 17.1 Å². The summed E-state index contributed by atoms with van der Waals surface area (Å²) in [5, 5.41) is 16.5. The van der Waals surface area contributed by atoms with Gasteiger partial charge in [-0.15, -0.1) is 0 Å². The molecule has 1 aliphatic heterocycles. The lowest BCUT2D eigenvalue weighted by Gasteiger charge is -2.36. The molecule has 6 rings (SSSR count). The number of benzene rings is 1. The van der Waals surface area contributed by atoms with Gasteiger partial charge in [-0.1, -0.05) is 31.3 Å². The highest BCUT2D eigenvalue weighted by atomic mass is 16.6. The maximum atomic E-state index is 13.3. The average molecular weight is 549 g/mol. The van der Waals surface area contributed by atoms with Gasteiger partial charge < -0.3 is 25.8 Å². The molecule has 3 atom stereocenters. The fourth-order valence-electron chi connectivity index (χ4n) is 6.77. The van der Waals surface area contributed by atoms with Crippen LogP contribution in [0.4, 0.5) is 4.79 Å². The van der Waals surface area contributed by atoms with Crippen molar-refractivity contribution in [3.05, 3.63) is 40.5 Å². The number of aromatic nitrogens is 4. The lowest BCUT2D eigenvalue weighted by atomic mass is 9.83. The Morgan fingerprint density at radius 2 is 1.93 bits per heavy atom. The first-order valence-corrected chi connectivity index (χ1v) is 14.2. The van der Waals surface area contributed by atoms with Gasteiger partial charge in [0.1, 0.15) is 17.1 Å². The largest absolute Gasteiger partial charge is 0.357 e. The zero-order chi connectivity index (χ0) is 28.0. The molecule has 4 N–H and O–H groups in total. The SMILES string of the molecule is CC[C@H]1CN(C2(C(=O)NC)Cc3cc4nc([C@@H](NC(=O)c5nonc5C)C5CCCCC5)[nH]c4cc3C2)C(=O)N1. The quantitative estimate of drug-likeness (QED) is 0.353. The van der Waals surface area contributed by atoms with Crippen LogP contribution in [0.3, 0.4) is 0 Å². The highest BCUT2D eigenvalue weighted by Gasteiger charge is 2.52. The third-order valence-electron chi connectivity index (χ3n) is 8.99. The van der Waals surface area contributed by atoms with Gasteiger partial charge in [-0.05, 0) is 60.5 Å². The Kier molecular flexibility index (Phi) is 6.71. The number of carbonyl (C=O) groups is 3. The Bertz CT molecular complexity index is 1410. The van der Waals surface area contributed by atoms with Crippen molar-refractivity contribution in [2.45, 2.75) is 82.8 Å². The van der Waals surface area contributed by atoms with Crippen LogP contribution in [-0.4, -0.2) is 68.2 Å². The van der Waals surface area contributed by atoms with E-state index in [1.807, 2.05) is 19.1 Å². The van der Waals surface area contributed by atoms with E-state index in [4.69, 9.17) is 9.61 Å². The average Bonchev–Trinajstić information content (AvgIpc) is 3.74. The summed E-state index contributed by atoms with van der Waals surface area (Å²) in [6.07, 6.45) is 7.07. The zero-order valence-corrected chi connectivity index (χ0v) is 23.2. The van der Waals surface area contributed by atoms with E-state index in [0.29, 0.717) is 30.9 Å². The van der Waals surface area contributed by atoms with Gasteiger partial charge in [0.15, 0.2) is 5.69 Å². The molecular weight excluding hydrogens is 512 g/mol. The van der Waals surface area contributed by atoms with Crippen LogP contribution in [-0.2, 0) is 17.6 Å². The summed E-state index contributed by atoms with van der Waals surface area (Å²) in [4.78, 5) is 49.5. The van der Waals surface area contributed by atoms with Gasteiger partial charge >= 0.3 is 6.03 Å². The minimum absolute atomic E-state index is 0.0281. The smallest absolute Gasteiger partial charge is 0.318 e. The molecule has 40 heavy (non-hydrogen) atoms. The standard InChI is InChI=1S/C28H36N8O4/c1-4-19-14-36(27(39)30-19)28(26(38)29-3)12-17-10-20-21(11-18(17)13-28)32-24(31-20)23(16-8-6-5-7-9-16)33-25(37)22-15(2)34-40-35-22/h10-11,16,19,23H,4-9,12-14H2,1-3H3,(H,29,38)(H,30,39)(H,31,32)(H,33,37)/t19-,23-/m0/s1. The fourth-order valence-corrected chi connectivity index (χ4v) is 6.77. The van der Waals surface area contributed by atoms with Crippen LogP contribution in [0, 0.1) is 12.8 Å². The number of aromatic amines is 1. The molecule has 1 aromatic carbocycles. The Hall–Kier alpha value is -3.96. The topological polar surface area (TPSA) is 158 Å². The third kappa shape index (κ3) is 4.39. The maximum Gasteiger partial charge on any atom is 0.318 e. The number of H-pyrrole nitrogens is 1. The van der Waals surface area contributed by atoms with E-state index in [0.717, 1.165) is 54.3 Å². The van der Waals surface area contributed by atoms with Crippen molar-refractivity contribution >= 4 is 28.9 Å². The number of aryl methyl sites for hydroxylation is 1. The molecule has 12 heteroatoms. The number of carbonyl (C=O) groups excluding carboxylic acids is 3. The number of nitrogens with zero attached hydrogens (tertiary/aromatic N) is 4. The number of likely N-dealkylation sites (N-methyl/N-ethyl adjacent to an activating group) is 1. The van der Waals surface area contributed by atoms with Crippen molar-refractivity contribution in [1.29, 1.82) is 0 Å². The number of amides is 4. The van der Waals surface area contributed by atoms with Crippen molar-refractivity contribution in [3.8, 4) is 0 Å². The molecule has 3 heterocycles. The lowest BCUT2D eigenvalue weighted by molar-refractivity contribution is -0.130. The molecular formula is C28H36N8O4. The molecule has 0 radical (unpaired) electrons. The molecule has 2 aliphatic carbocycles. The Balaban J connectivity index is 1.32. The van der Waals surface area contributed by atoms with Gasteiger partial charge in [0, 0.05) is 32.5 Å². The summed E-state index contributed by atoms with van der Waals surface area (Å²) in [5.41, 5.74) is 3.27. The van der Waals surface area contributed by atoms with E-state index >= 15 is 0 Å². The Morgan fingerprint density at radius 1 is 1.18 bits per heavy atom. The molecule has 1 saturated carbocycles. The summed E-state index contributed by atoms with van der Waals surface area (Å²) in [7, 11) is 1.62. The molecule has 0 bridgehead atoms. The minimum atomic E-state index is -0.977. The van der Waals surface area contributed by atoms with E-state index < -0.39 is 5.54 Å². The molecule has 3 aliphatic rings. The van der Waals surface area contributed by atoms with Crippen molar-refractivity contribution in [1.82, 2.24) is 41.1 Å². The highest BCUT2D eigenvalue weighted by molar-refractivity contribution is 5.94. The van der Waals surface area contributed by atoms with E-state index in [2.05, 4.69) is 31.2 Å². The number of urea groups is 1. The first kappa shape index (κ1) is 26.3. The number of hydrogen-bond acceptors (Lipinski definition) is 7. The Labute approximate surface area is 232 Å². The van der Waals surface area contributed by atoms with E-state index in [1.54, 1.807) is 18.9 Å². The number of hydrogen-bond donors (Lipinski definition) is 4. The van der Waals surface area contributed by atoms with Crippen molar-refractivity contribution in [2.75, 3.05) is 13.6 Å². The van der Waals surface area contributed by atoms with Crippen molar-refractivity contribution in [3.63, 3.8) is 0 Å². The number of fused-ring (bicyclic) bond motifs is 2. The predicted octanol–water partition coefficient (Wildman–Crippen LogP) is 2.69. The monoisotopic (exact) mass is 548 g/mol. The summed E-state index contributed by atoms with van der Waals surface area (Å²) < 4.78 is 4.75. The lowest BCUT2D eigenvalue weighted by Crippen LogP contribution is -2.60. The summed E-state index contributed by atoms with van der Waals surface area (Å²) in [6, 6.07) is 3.59. The van der Waals surface area contributed by atoms with Gasteiger partial charge in [0.2, 0.25) is 5.91 Å². The molecule has 4 amide bonds. The second-order valence-electron chi connectivity index (χ2n) is 11.4. The van der Waals surface area contributed by atoms with Crippen LogP contribution in [0.15, 0.2) is 16.8 Å². The van der Waals surface area contributed by atoms with Crippen molar-refractivity contribution in [2.24, 2.45) is 5.92 Å². The van der Waals surface area contributed by atoms with Crippen LogP contribution in [0.25, 0.3) is 11.0 Å². The van der Waals surface area contributed by atoms with Crippen LogP contribution in [0.2, 0.25) is 0 Å². The van der Waals surface area contributed by atoms with Crippen molar-refractivity contribution < 1.29 is 19.0 Å². The summed E-state index contributed by atoms with van der Waals surface area (Å²) >= 11 is 0. The molecule has 1 unspecified atom stereocenters.